The van der Waals surface area contributed by atoms with E-state index in [-0.39, 0.29) is 5.84 Å². The van der Waals surface area contributed by atoms with Gasteiger partial charge in [-0.2, -0.15) is 0 Å². The average molecular weight is 282 g/mol. The first-order valence-electron chi connectivity index (χ1n) is 6.99. The maximum atomic E-state index is 7.65. The zero-order valence-electron chi connectivity index (χ0n) is 12.0. The van der Waals surface area contributed by atoms with Crippen LogP contribution in [0.5, 0.6) is 17.2 Å². The second-order valence-electron chi connectivity index (χ2n) is 5.16. The van der Waals surface area contributed by atoms with Crippen molar-refractivity contribution < 1.29 is 9.47 Å². The molecule has 0 unspecified atom stereocenters. The van der Waals surface area contributed by atoms with Crippen LogP contribution in [0.15, 0.2) is 36.4 Å². The van der Waals surface area contributed by atoms with Crippen molar-refractivity contribution >= 4 is 5.84 Å². The molecule has 0 fully saturated rings. The minimum Gasteiger partial charge on any atom is -0.497 e. The number of ether oxygens (including phenoxy) is 2. The number of nitrogens with two attached hydrogens (primary N) is 1. The Kier molecular flexibility index (Phi) is 3.52. The summed E-state index contributed by atoms with van der Waals surface area (Å²) in [6.07, 6.45) is 3.45. The van der Waals surface area contributed by atoms with Gasteiger partial charge >= 0.3 is 0 Å². The van der Waals surface area contributed by atoms with Crippen LogP contribution in [0.25, 0.3) is 0 Å². The first-order chi connectivity index (χ1) is 10.2. The summed E-state index contributed by atoms with van der Waals surface area (Å²) >= 11 is 0. The summed E-state index contributed by atoms with van der Waals surface area (Å²) in [6, 6.07) is 11.4. The molecule has 0 saturated carbocycles. The minimum atomic E-state index is -0.0196. The van der Waals surface area contributed by atoms with Gasteiger partial charge in [-0.3, -0.25) is 5.41 Å². The third-order valence-corrected chi connectivity index (χ3v) is 3.78. The van der Waals surface area contributed by atoms with E-state index in [1.807, 2.05) is 6.07 Å². The van der Waals surface area contributed by atoms with E-state index >= 15 is 0 Å². The maximum Gasteiger partial charge on any atom is 0.142 e. The van der Waals surface area contributed by atoms with Gasteiger partial charge < -0.3 is 15.2 Å². The Bertz CT molecular complexity index is 695. The summed E-state index contributed by atoms with van der Waals surface area (Å²) in [4.78, 5) is 0. The second-order valence-corrected chi connectivity index (χ2v) is 5.16. The molecule has 21 heavy (non-hydrogen) atoms. The number of hydrogen-bond donors (Lipinski definition) is 2. The van der Waals surface area contributed by atoms with Crippen LogP contribution in [0.2, 0.25) is 0 Å². The van der Waals surface area contributed by atoms with Crippen LogP contribution in [0.1, 0.15) is 23.1 Å². The standard InChI is InChI=1S/C17H18N2O2/c1-20-13-7-8-15(17(18)19)16(10-13)21-14-6-5-11-3-2-4-12(11)9-14/h5-10H,2-4H2,1H3,(H3,18,19). The molecule has 0 heterocycles. The summed E-state index contributed by atoms with van der Waals surface area (Å²) in [5, 5.41) is 7.65. The Balaban J connectivity index is 1.95. The zero-order valence-corrected chi connectivity index (χ0v) is 12.0. The topological polar surface area (TPSA) is 68.3 Å². The van der Waals surface area contributed by atoms with E-state index in [1.165, 1.54) is 17.5 Å². The fourth-order valence-corrected chi connectivity index (χ4v) is 2.68. The van der Waals surface area contributed by atoms with Gasteiger partial charge in [-0.15, -0.1) is 0 Å². The monoisotopic (exact) mass is 282 g/mol. The molecule has 0 amide bonds. The highest BCUT2D eigenvalue weighted by Crippen LogP contribution is 2.32. The summed E-state index contributed by atoms with van der Waals surface area (Å²) in [7, 11) is 1.60. The van der Waals surface area contributed by atoms with Crippen molar-refractivity contribution in [3.05, 3.63) is 53.1 Å². The van der Waals surface area contributed by atoms with Gasteiger partial charge in [-0.1, -0.05) is 6.07 Å². The quantitative estimate of drug-likeness (QED) is 0.668. The van der Waals surface area contributed by atoms with Crippen LogP contribution in [0.4, 0.5) is 0 Å². The van der Waals surface area contributed by atoms with Crippen molar-refractivity contribution in [2.45, 2.75) is 19.3 Å². The van der Waals surface area contributed by atoms with Crippen LogP contribution >= 0.6 is 0 Å². The highest BCUT2D eigenvalue weighted by Gasteiger charge is 2.13. The summed E-state index contributed by atoms with van der Waals surface area (Å²) in [5.41, 5.74) is 8.93. The van der Waals surface area contributed by atoms with Crippen molar-refractivity contribution in [2.75, 3.05) is 7.11 Å². The normalized spacial score (nSPS) is 12.8. The predicted molar refractivity (Wildman–Crippen MR) is 82.6 cm³/mol. The lowest BCUT2D eigenvalue weighted by Crippen LogP contribution is -2.12. The SMILES string of the molecule is COc1ccc(C(=N)N)c(Oc2ccc3c(c2)CCC3)c1. The molecule has 4 nitrogen and oxygen atoms in total. The molecule has 2 aromatic rings. The first-order valence-corrected chi connectivity index (χ1v) is 6.99. The highest BCUT2D eigenvalue weighted by atomic mass is 16.5. The van der Waals surface area contributed by atoms with Crippen molar-refractivity contribution in [3.63, 3.8) is 0 Å². The Morgan fingerprint density at radius 1 is 1.05 bits per heavy atom. The largest absolute Gasteiger partial charge is 0.497 e. The number of fused-ring (bicyclic) bond motifs is 1. The molecule has 0 radical (unpaired) electrons. The number of methoxy groups -OCH3 is 1. The van der Waals surface area contributed by atoms with E-state index in [0.29, 0.717) is 17.1 Å². The van der Waals surface area contributed by atoms with Gasteiger partial charge in [0.25, 0.3) is 0 Å². The van der Waals surface area contributed by atoms with Gasteiger partial charge in [0.05, 0.1) is 12.7 Å². The number of nitrogen functional groups attached to an aromatic ring is 1. The number of nitrogens with one attached hydrogen (secondary N) is 1. The smallest absolute Gasteiger partial charge is 0.142 e. The number of rotatable bonds is 4. The van der Waals surface area contributed by atoms with E-state index in [0.717, 1.165) is 18.6 Å². The number of amidine groups is 1. The van der Waals surface area contributed by atoms with Gasteiger partial charge in [0.2, 0.25) is 0 Å². The molecule has 2 aromatic carbocycles. The third-order valence-electron chi connectivity index (χ3n) is 3.78. The number of benzene rings is 2. The zero-order chi connectivity index (χ0) is 14.8. The maximum absolute atomic E-state index is 7.65. The second kappa shape index (κ2) is 5.48. The van der Waals surface area contributed by atoms with E-state index in [1.54, 1.807) is 25.3 Å². The van der Waals surface area contributed by atoms with E-state index < -0.39 is 0 Å². The van der Waals surface area contributed by atoms with Crippen molar-refractivity contribution in [2.24, 2.45) is 5.73 Å². The van der Waals surface area contributed by atoms with Gasteiger partial charge in [-0.25, -0.2) is 0 Å². The molecule has 0 atom stereocenters. The molecule has 108 valence electrons. The molecule has 4 heteroatoms. The molecule has 0 aromatic heterocycles. The first kappa shape index (κ1) is 13.5. The Morgan fingerprint density at radius 3 is 2.57 bits per heavy atom. The molecule has 3 rings (SSSR count). The van der Waals surface area contributed by atoms with E-state index in [4.69, 9.17) is 20.6 Å². The van der Waals surface area contributed by atoms with Gasteiger partial charge in [-0.05, 0) is 54.7 Å². The molecule has 0 spiro atoms. The highest BCUT2D eigenvalue weighted by molar-refractivity contribution is 5.97. The Labute approximate surface area is 124 Å². The molecular weight excluding hydrogens is 264 g/mol. The lowest BCUT2D eigenvalue weighted by Gasteiger charge is -2.12. The van der Waals surface area contributed by atoms with Crippen LogP contribution < -0.4 is 15.2 Å². The summed E-state index contributed by atoms with van der Waals surface area (Å²) < 4.78 is 11.1. The molecule has 0 aliphatic heterocycles. The molecule has 3 N–H and O–H groups in total. The molecule has 1 aliphatic carbocycles. The van der Waals surface area contributed by atoms with Gasteiger partial charge in [0, 0.05) is 6.07 Å². The average Bonchev–Trinajstić information content (AvgIpc) is 2.94. The van der Waals surface area contributed by atoms with Gasteiger partial charge in [0.15, 0.2) is 0 Å². The van der Waals surface area contributed by atoms with E-state index in [9.17, 15) is 0 Å². The Hall–Kier alpha value is -2.49. The third kappa shape index (κ3) is 2.70. The summed E-state index contributed by atoms with van der Waals surface area (Å²) in [6.45, 7) is 0. The molecule has 0 saturated heterocycles. The van der Waals surface area contributed by atoms with Crippen molar-refractivity contribution in [1.82, 2.24) is 0 Å². The Morgan fingerprint density at radius 2 is 1.81 bits per heavy atom. The fourth-order valence-electron chi connectivity index (χ4n) is 2.68. The molecular formula is C17H18N2O2. The van der Waals surface area contributed by atoms with E-state index in [2.05, 4.69) is 12.1 Å². The molecule has 0 bridgehead atoms. The van der Waals surface area contributed by atoms with Crippen molar-refractivity contribution in [1.29, 1.82) is 5.41 Å². The minimum absolute atomic E-state index is 0.0196. The number of hydrogen-bond acceptors (Lipinski definition) is 3. The van der Waals surface area contributed by atoms with Gasteiger partial charge in [0.1, 0.15) is 23.1 Å². The predicted octanol–water partition coefficient (Wildman–Crippen LogP) is 3.26. The van der Waals surface area contributed by atoms with Crippen molar-refractivity contribution in [3.8, 4) is 17.2 Å². The summed E-state index contributed by atoms with van der Waals surface area (Å²) in [5.74, 6) is 1.97. The van der Waals surface area contributed by atoms with Crippen LogP contribution in [0, 0.1) is 5.41 Å². The fraction of sp³-hybridized carbons (Fsp3) is 0.235. The lowest BCUT2D eigenvalue weighted by molar-refractivity contribution is 0.409. The van der Waals surface area contributed by atoms with Crippen LogP contribution in [-0.2, 0) is 12.8 Å². The number of aryl methyl sites for hydroxylation is 2. The van der Waals surface area contributed by atoms with Crippen LogP contribution in [0.3, 0.4) is 0 Å². The van der Waals surface area contributed by atoms with Crippen LogP contribution in [-0.4, -0.2) is 12.9 Å². The lowest BCUT2D eigenvalue weighted by atomic mass is 10.1. The molecule has 1 aliphatic rings.